The van der Waals surface area contributed by atoms with E-state index in [9.17, 15) is 14.4 Å². The van der Waals surface area contributed by atoms with E-state index in [0.29, 0.717) is 19.3 Å². The Labute approximate surface area is 444 Å². The first-order valence-electron chi connectivity index (χ1n) is 32.2. The number of hydrogen-bond acceptors (Lipinski definition) is 6. The minimum atomic E-state index is -0.764. The fourth-order valence-corrected chi connectivity index (χ4v) is 10.1. The molecule has 0 saturated heterocycles. The summed E-state index contributed by atoms with van der Waals surface area (Å²) in [5, 5.41) is 0. The Kier molecular flexibility index (Phi) is 56.4. The molecule has 0 rings (SSSR count). The number of unbranched alkanes of at least 4 members (excludes halogenated alkanes) is 44. The zero-order valence-corrected chi connectivity index (χ0v) is 48.9. The molecule has 6 nitrogen and oxygen atoms in total. The van der Waals surface area contributed by atoms with E-state index in [0.717, 1.165) is 69.6 Å². The number of ether oxygens (including phenoxy) is 3. The van der Waals surface area contributed by atoms with Crippen LogP contribution in [0.1, 0.15) is 369 Å². The number of hydrogen-bond donors (Lipinski definition) is 0. The van der Waals surface area contributed by atoms with E-state index < -0.39 is 6.10 Å². The maximum Gasteiger partial charge on any atom is 0.306 e. The molecule has 0 fully saturated rings. The topological polar surface area (TPSA) is 78.9 Å². The van der Waals surface area contributed by atoms with Crippen molar-refractivity contribution in [1.29, 1.82) is 0 Å². The summed E-state index contributed by atoms with van der Waals surface area (Å²) >= 11 is 0. The van der Waals surface area contributed by atoms with Crippen molar-refractivity contribution in [2.24, 2.45) is 11.8 Å². The fraction of sp³-hybridized carbons (Fsp3) is 0.954. The molecule has 0 radical (unpaired) electrons. The zero-order valence-electron chi connectivity index (χ0n) is 48.9. The van der Waals surface area contributed by atoms with Gasteiger partial charge in [0.2, 0.25) is 0 Å². The van der Waals surface area contributed by atoms with Crippen LogP contribution in [0, 0.1) is 11.8 Å². The molecule has 0 aromatic rings. The third-order valence-electron chi connectivity index (χ3n) is 15.0. The van der Waals surface area contributed by atoms with Gasteiger partial charge < -0.3 is 14.2 Å². The van der Waals surface area contributed by atoms with Gasteiger partial charge in [0, 0.05) is 19.3 Å². The molecule has 71 heavy (non-hydrogen) atoms. The van der Waals surface area contributed by atoms with Crippen molar-refractivity contribution in [2.75, 3.05) is 13.2 Å². The molecule has 1 atom stereocenters. The van der Waals surface area contributed by atoms with E-state index in [2.05, 4.69) is 34.6 Å². The molecule has 0 amide bonds. The molecule has 0 aliphatic heterocycles. The lowest BCUT2D eigenvalue weighted by Crippen LogP contribution is -2.30. The van der Waals surface area contributed by atoms with E-state index in [1.54, 1.807) is 0 Å². The number of carbonyl (C=O) groups excluding carboxylic acids is 3. The van der Waals surface area contributed by atoms with Crippen LogP contribution in [0.5, 0.6) is 0 Å². The molecule has 0 N–H and O–H groups in total. The highest BCUT2D eigenvalue weighted by Crippen LogP contribution is 2.19. The molecular formula is C65H126O6. The van der Waals surface area contributed by atoms with Crippen molar-refractivity contribution >= 4 is 17.9 Å². The van der Waals surface area contributed by atoms with E-state index >= 15 is 0 Å². The molecule has 0 heterocycles. The predicted octanol–water partition coefficient (Wildman–Crippen LogP) is 21.6. The van der Waals surface area contributed by atoms with Gasteiger partial charge in [-0.3, -0.25) is 14.4 Å². The van der Waals surface area contributed by atoms with E-state index in [-0.39, 0.29) is 31.1 Å². The first kappa shape index (κ1) is 69.4. The Hall–Kier alpha value is -1.59. The van der Waals surface area contributed by atoms with Crippen LogP contribution in [0.3, 0.4) is 0 Å². The Balaban J connectivity index is 4.29. The van der Waals surface area contributed by atoms with Gasteiger partial charge in [0.05, 0.1) is 0 Å². The third kappa shape index (κ3) is 59.2. The minimum absolute atomic E-state index is 0.0617. The molecule has 0 aliphatic rings. The SMILES string of the molecule is CCCCCCCCCCCCCCCCCCC(=O)OC[C@@H](COC(=O)CCCCCCCCCCCCCCCCCC(C)C)OC(=O)CCCCCCCCCCCCCCCCCCC(C)C. The third-order valence-corrected chi connectivity index (χ3v) is 15.0. The van der Waals surface area contributed by atoms with Crippen molar-refractivity contribution in [3.63, 3.8) is 0 Å². The summed E-state index contributed by atoms with van der Waals surface area (Å²) in [6.07, 6.45) is 63.9. The van der Waals surface area contributed by atoms with Crippen LogP contribution in [-0.2, 0) is 28.6 Å². The first-order chi connectivity index (χ1) is 34.7. The number of rotatable bonds is 59. The Morgan fingerprint density at radius 1 is 0.268 bits per heavy atom. The maximum atomic E-state index is 12.9. The van der Waals surface area contributed by atoms with Gasteiger partial charge in [0.25, 0.3) is 0 Å². The van der Waals surface area contributed by atoms with Crippen LogP contribution < -0.4 is 0 Å². The summed E-state index contributed by atoms with van der Waals surface area (Å²) in [7, 11) is 0. The van der Waals surface area contributed by atoms with Gasteiger partial charge in [0.15, 0.2) is 6.10 Å². The summed E-state index contributed by atoms with van der Waals surface area (Å²) in [4.78, 5) is 38.3. The van der Waals surface area contributed by atoms with Gasteiger partial charge in [-0.2, -0.15) is 0 Å². The zero-order chi connectivity index (χ0) is 51.8. The molecule has 422 valence electrons. The quantitative estimate of drug-likeness (QED) is 0.0343. The summed E-state index contributed by atoms with van der Waals surface area (Å²) < 4.78 is 17.0. The normalized spacial score (nSPS) is 12.0. The highest BCUT2D eigenvalue weighted by Gasteiger charge is 2.19. The lowest BCUT2D eigenvalue weighted by atomic mass is 10.0. The molecule has 0 bridgehead atoms. The molecular weight excluding hydrogens is 877 g/mol. The van der Waals surface area contributed by atoms with Crippen LogP contribution in [-0.4, -0.2) is 37.2 Å². The smallest absolute Gasteiger partial charge is 0.306 e. The summed E-state index contributed by atoms with van der Waals surface area (Å²) in [6, 6.07) is 0. The van der Waals surface area contributed by atoms with Crippen molar-refractivity contribution in [3.05, 3.63) is 0 Å². The van der Waals surface area contributed by atoms with Crippen molar-refractivity contribution in [2.45, 2.75) is 375 Å². The number of esters is 3. The average molecular weight is 1000 g/mol. The second-order valence-corrected chi connectivity index (χ2v) is 23.4. The predicted molar refractivity (Wildman–Crippen MR) is 307 cm³/mol. The van der Waals surface area contributed by atoms with Gasteiger partial charge in [-0.05, 0) is 31.1 Å². The van der Waals surface area contributed by atoms with Crippen LogP contribution in [0.15, 0.2) is 0 Å². The molecule has 0 aliphatic carbocycles. The lowest BCUT2D eigenvalue weighted by Gasteiger charge is -2.18. The monoisotopic (exact) mass is 1000 g/mol. The second-order valence-electron chi connectivity index (χ2n) is 23.4. The average Bonchev–Trinajstić information content (AvgIpc) is 3.35. The molecule has 0 saturated carbocycles. The van der Waals surface area contributed by atoms with Gasteiger partial charge in [-0.1, -0.05) is 330 Å². The van der Waals surface area contributed by atoms with Gasteiger partial charge in [-0.15, -0.1) is 0 Å². The standard InChI is InChI=1S/C65H126O6/c1-6-7-8-9-10-11-12-13-14-20-25-30-35-40-45-50-55-63(66)69-58-62(59-70-64(67)56-51-46-41-36-31-26-22-17-19-24-29-34-39-44-49-54-61(4)5)71-65(68)57-52-47-42-37-32-27-21-16-15-18-23-28-33-38-43-48-53-60(2)3/h60-62H,6-59H2,1-5H3/t62-/m0/s1. The minimum Gasteiger partial charge on any atom is -0.462 e. The van der Waals surface area contributed by atoms with Crippen LogP contribution in [0.4, 0.5) is 0 Å². The first-order valence-corrected chi connectivity index (χ1v) is 32.2. The largest absolute Gasteiger partial charge is 0.462 e. The maximum absolute atomic E-state index is 12.9. The molecule has 0 spiro atoms. The van der Waals surface area contributed by atoms with Crippen molar-refractivity contribution < 1.29 is 28.6 Å². The summed E-state index contributed by atoms with van der Waals surface area (Å²) in [5.41, 5.74) is 0. The van der Waals surface area contributed by atoms with Gasteiger partial charge >= 0.3 is 17.9 Å². The van der Waals surface area contributed by atoms with E-state index in [1.807, 2.05) is 0 Å². The Bertz CT molecular complexity index is 1090. The lowest BCUT2D eigenvalue weighted by molar-refractivity contribution is -0.167. The van der Waals surface area contributed by atoms with Crippen LogP contribution in [0.2, 0.25) is 0 Å². The van der Waals surface area contributed by atoms with Crippen LogP contribution in [0.25, 0.3) is 0 Å². The summed E-state index contributed by atoms with van der Waals surface area (Å²) in [5.74, 6) is 0.871. The van der Waals surface area contributed by atoms with E-state index in [1.165, 1.54) is 257 Å². The Morgan fingerprint density at radius 2 is 0.465 bits per heavy atom. The molecule has 0 unspecified atom stereocenters. The Morgan fingerprint density at radius 3 is 0.690 bits per heavy atom. The van der Waals surface area contributed by atoms with Crippen LogP contribution >= 0.6 is 0 Å². The van der Waals surface area contributed by atoms with Crippen molar-refractivity contribution in [3.8, 4) is 0 Å². The molecule has 6 heteroatoms. The number of carbonyl (C=O) groups is 3. The fourth-order valence-electron chi connectivity index (χ4n) is 10.1. The molecule has 0 aromatic carbocycles. The summed E-state index contributed by atoms with van der Waals surface area (Å²) in [6.45, 7) is 11.5. The second kappa shape index (κ2) is 57.7. The van der Waals surface area contributed by atoms with Gasteiger partial charge in [0.1, 0.15) is 13.2 Å². The van der Waals surface area contributed by atoms with E-state index in [4.69, 9.17) is 14.2 Å². The molecule has 0 aromatic heterocycles. The highest BCUT2D eigenvalue weighted by molar-refractivity contribution is 5.71. The van der Waals surface area contributed by atoms with Crippen molar-refractivity contribution in [1.82, 2.24) is 0 Å². The van der Waals surface area contributed by atoms with Gasteiger partial charge in [-0.25, -0.2) is 0 Å². The highest BCUT2D eigenvalue weighted by atomic mass is 16.6.